The van der Waals surface area contributed by atoms with Crippen molar-refractivity contribution in [1.82, 2.24) is 4.98 Å². The normalized spacial score (nSPS) is 9.85. The molecule has 0 N–H and O–H groups in total. The van der Waals surface area contributed by atoms with Crippen LogP contribution in [0.15, 0.2) is 42.6 Å². The zero-order valence-electron chi connectivity index (χ0n) is 11.7. The Morgan fingerprint density at radius 3 is 2.80 bits per heavy atom. The maximum atomic E-state index is 8.73. The van der Waals surface area contributed by atoms with E-state index in [4.69, 9.17) is 10.00 Å². The largest absolute Gasteiger partial charge is 0.492 e. The van der Waals surface area contributed by atoms with Crippen molar-refractivity contribution in [2.24, 2.45) is 0 Å². The van der Waals surface area contributed by atoms with E-state index < -0.39 is 0 Å². The molecule has 4 heteroatoms. The fourth-order valence-electron chi connectivity index (χ4n) is 1.80. The molecule has 0 amide bonds. The van der Waals surface area contributed by atoms with Gasteiger partial charge in [-0.1, -0.05) is 12.1 Å². The van der Waals surface area contributed by atoms with Gasteiger partial charge in [0.05, 0.1) is 12.1 Å². The van der Waals surface area contributed by atoms with Crippen LogP contribution in [0.25, 0.3) is 0 Å². The summed E-state index contributed by atoms with van der Waals surface area (Å²) < 4.78 is 5.70. The molecular formula is C16H17N3O. The quantitative estimate of drug-likeness (QED) is 0.835. The van der Waals surface area contributed by atoms with Crippen LogP contribution in [0.5, 0.6) is 5.75 Å². The lowest BCUT2D eigenvalue weighted by Gasteiger charge is -2.18. The van der Waals surface area contributed by atoms with E-state index >= 15 is 0 Å². The maximum Gasteiger partial charge on any atom is 0.128 e. The van der Waals surface area contributed by atoms with Gasteiger partial charge in [-0.25, -0.2) is 4.98 Å². The maximum absolute atomic E-state index is 8.73. The average Bonchev–Trinajstić information content (AvgIpc) is 2.47. The van der Waals surface area contributed by atoms with Crippen molar-refractivity contribution in [3.63, 3.8) is 0 Å². The topological polar surface area (TPSA) is 49.1 Å². The average molecular weight is 267 g/mol. The van der Waals surface area contributed by atoms with Gasteiger partial charge in [0.1, 0.15) is 24.2 Å². The Balaban J connectivity index is 1.85. The van der Waals surface area contributed by atoms with Crippen molar-refractivity contribution in [1.29, 1.82) is 5.26 Å². The SMILES string of the molecule is Cc1cccc(OCCN(C)c2ccc(C#N)cn2)c1. The highest BCUT2D eigenvalue weighted by Gasteiger charge is 2.03. The van der Waals surface area contributed by atoms with Crippen molar-refractivity contribution in [3.05, 3.63) is 53.7 Å². The molecule has 2 aromatic rings. The van der Waals surface area contributed by atoms with Gasteiger partial charge in [-0.3, -0.25) is 0 Å². The first-order valence-electron chi connectivity index (χ1n) is 6.46. The van der Waals surface area contributed by atoms with E-state index in [0.717, 1.165) is 18.1 Å². The Labute approximate surface area is 119 Å². The van der Waals surface area contributed by atoms with Crippen LogP contribution in [0, 0.1) is 18.3 Å². The Hall–Kier alpha value is -2.54. The monoisotopic (exact) mass is 267 g/mol. The van der Waals surface area contributed by atoms with Crippen molar-refractivity contribution >= 4 is 5.82 Å². The number of likely N-dealkylation sites (N-methyl/N-ethyl adjacent to an activating group) is 1. The number of rotatable bonds is 5. The van der Waals surface area contributed by atoms with Crippen molar-refractivity contribution in [3.8, 4) is 11.8 Å². The summed E-state index contributed by atoms with van der Waals surface area (Å²) in [6.07, 6.45) is 1.58. The Morgan fingerprint density at radius 1 is 1.30 bits per heavy atom. The molecule has 1 aromatic carbocycles. The van der Waals surface area contributed by atoms with E-state index in [1.807, 2.05) is 49.2 Å². The lowest BCUT2D eigenvalue weighted by molar-refractivity contribution is 0.325. The molecule has 4 nitrogen and oxygen atoms in total. The van der Waals surface area contributed by atoms with Gasteiger partial charge >= 0.3 is 0 Å². The molecule has 0 spiro atoms. The molecule has 0 bridgehead atoms. The van der Waals surface area contributed by atoms with Crippen molar-refractivity contribution in [2.45, 2.75) is 6.92 Å². The summed E-state index contributed by atoms with van der Waals surface area (Å²) in [4.78, 5) is 6.23. The molecular weight excluding hydrogens is 250 g/mol. The van der Waals surface area contributed by atoms with Crippen LogP contribution in [-0.2, 0) is 0 Å². The van der Waals surface area contributed by atoms with Gasteiger partial charge in [0, 0.05) is 13.2 Å². The molecule has 0 unspecified atom stereocenters. The van der Waals surface area contributed by atoms with Crippen LogP contribution < -0.4 is 9.64 Å². The standard InChI is InChI=1S/C16H17N3O/c1-13-4-3-5-15(10-13)20-9-8-19(2)16-7-6-14(11-17)12-18-16/h3-7,10,12H,8-9H2,1-2H3. The molecule has 1 aromatic heterocycles. The molecule has 0 radical (unpaired) electrons. The number of benzene rings is 1. The fraction of sp³-hybridized carbons (Fsp3) is 0.250. The molecule has 1 heterocycles. The fourth-order valence-corrected chi connectivity index (χ4v) is 1.80. The molecule has 0 saturated heterocycles. The second-order valence-corrected chi connectivity index (χ2v) is 4.60. The minimum absolute atomic E-state index is 0.568. The minimum atomic E-state index is 0.568. The highest BCUT2D eigenvalue weighted by Crippen LogP contribution is 2.13. The van der Waals surface area contributed by atoms with Gasteiger partial charge in [-0.15, -0.1) is 0 Å². The molecule has 20 heavy (non-hydrogen) atoms. The smallest absolute Gasteiger partial charge is 0.128 e. The number of nitriles is 1. The van der Waals surface area contributed by atoms with E-state index in [2.05, 4.69) is 11.1 Å². The van der Waals surface area contributed by atoms with Gasteiger partial charge in [0.25, 0.3) is 0 Å². The van der Waals surface area contributed by atoms with Crippen LogP contribution in [0.3, 0.4) is 0 Å². The number of nitrogens with zero attached hydrogens (tertiary/aromatic N) is 3. The number of ether oxygens (including phenoxy) is 1. The van der Waals surface area contributed by atoms with E-state index in [-0.39, 0.29) is 0 Å². The van der Waals surface area contributed by atoms with Crippen LogP contribution in [0.2, 0.25) is 0 Å². The van der Waals surface area contributed by atoms with E-state index in [1.54, 1.807) is 12.3 Å². The van der Waals surface area contributed by atoms with Crippen molar-refractivity contribution < 1.29 is 4.74 Å². The number of hydrogen-bond donors (Lipinski definition) is 0. The molecule has 2 rings (SSSR count). The van der Waals surface area contributed by atoms with Gasteiger partial charge in [0.2, 0.25) is 0 Å². The summed E-state index contributed by atoms with van der Waals surface area (Å²) in [5.74, 6) is 1.71. The van der Waals surface area contributed by atoms with E-state index in [0.29, 0.717) is 12.2 Å². The molecule has 0 aliphatic carbocycles. The predicted octanol–water partition coefficient (Wildman–Crippen LogP) is 2.78. The molecule has 0 fully saturated rings. The number of aryl methyl sites for hydroxylation is 1. The second-order valence-electron chi connectivity index (χ2n) is 4.60. The van der Waals surface area contributed by atoms with Gasteiger partial charge in [-0.05, 0) is 36.8 Å². The van der Waals surface area contributed by atoms with Gasteiger partial charge in [0.15, 0.2) is 0 Å². The second kappa shape index (κ2) is 6.58. The van der Waals surface area contributed by atoms with Gasteiger partial charge in [-0.2, -0.15) is 5.26 Å². The highest BCUT2D eigenvalue weighted by atomic mass is 16.5. The third-order valence-corrected chi connectivity index (χ3v) is 2.95. The number of anilines is 1. The van der Waals surface area contributed by atoms with Crippen LogP contribution >= 0.6 is 0 Å². The third-order valence-electron chi connectivity index (χ3n) is 2.95. The van der Waals surface area contributed by atoms with Crippen LogP contribution in [0.1, 0.15) is 11.1 Å². The number of aromatic nitrogens is 1. The van der Waals surface area contributed by atoms with Crippen molar-refractivity contribution in [2.75, 3.05) is 25.1 Å². The molecule has 0 saturated carbocycles. The minimum Gasteiger partial charge on any atom is -0.492 e. The third kappa shape index (κ3) is 3.72. The van der Waals surface area contributed by atoms with E-state index in [1.165, 1.54) is 5.56 Å². The molecule has 0 aliphatic rings. The highest BCUT2D eigenvalue weighted by molar-refractivity contribution is 5.41. The lowest BCUT2D eigenvalue weighted by atomic mass is 10.2. The first kappa shape index (κ1) is 13.9. The molecule has 0 atom stereocenters. The zero-order chi connectivity index (χ0) is 14.4. The molecule has 102 valence electrons. The Morgan fingerprint density at radius 2 is 2.15 bits per heavy atom. The Bertz CT molecular complexity index is 602. The Kier molecular flexibility index (Phi) is 4.56. The summed E-state index contributed by atoms with van der Waals surface area (Å²) >= 11 is 0. The van der Waals surface area contributed by atoms with Gasteiger partial charge < -0.3 is 9.64 Å². The van der Waals surface area contributed by atoms with Crippen LogP contribution in [0.4, 0.5) is 5.82 Å². The summed E-state index contributed by atoms with van der Waals surface area (Å²) in [6.45, 7) is 3.36. The summed E-state index contributed by atoms with van der Waals surface area (Å²) in [5, 5.41) is 8.73. The first-order chi connectivity index (χ1) is 9.69. The molecule has 0 aliphatic heterocycles. The summed E-state index contributed by atoms with van der Waals surface area (Å²) in [6, 6.07) is 13.6. The summed E-state index contributed by atoms with van der Waals surface area (Å²) in [7, 11) is 1.95. The van der Waals surface area contributed by atoms with E-state index in [9.17, 15) is 0 Å². The number of pyridine rings is 1. The lowest BCUT2D eigenvalue weighted by Crippen LogP contribution is -2.24. The first-order valence-corrected chi connectivity index (χ1v) is 6.46. The van der Waals surface area contributed by atoms with Crippen LogP contribution in [-0.4, -0.2) is 25.2 Å². The zero-order valence-corrected chi connectivity index (χ0v) is 11.7. The predicted molar refractivity (Wildman–Crippen MR) is 78.9 cm³/mol. The summed E-state index contributed by atoms with van der Waals surface area (Å²) in [5.41, 5.74) is 1.75. The number of hydrogen-bond acceptors (Lipinski definition) is 4.